The standard InChI is InChI=1S/C12H15N3O2S/c13-11(18)5-8(17)6-15-10-4-2-1-3-9(10)14-12(15)7-16/h1-4,8,16-17H,5-7H2,(H2,13,18). The van der Waals surface area contributed by atoms with Gasteiger partial charge in [-0.05, 0) is 12.1 Å². The van der Waals surface area contributed by atoms with E-state index in [0.717, 1.165) is 11.0 Å². The number of rotatable bonds is 5. The largest absolute Gasteiger partial charge is 0.393 e. The average Bonchev–Trinajstić information content (AvgIpc) is 2.66. The van der Waals surface area contributed by atoms with E-state index < -0.39 is 6.10 Å². The van der Waals surface area contributed by atoms with Crippen LogP contribution in [0.5, 0.6) is 0 Å². The topological polar surface area (TPSA) is 84.3 Å². The Morgan fingerprint density at radius 2 is 2.17 bits per heavy atom. The minimum Gasteiger partial charge on any atom is -0.393 e. The molecule has 0 aliphatic carbocycles. The highest BCUT2D eigenvalue weighted by atomic mass is 32.1. The summed E-state index contributed by atoms with van der Waals surface area (Å²) in [5, 5.41) is 19.2. The Hall–Kier alpha value is -1.50. The van der Waals surface area contributed by atoms with Gasteiger partial charge in [-0.15, -0.1) is 0 Å². The number of aromatic nitrogens is 2. The van der Waals surface area contributed by atoms with E-state index in [1.54, 1.807) is 4.57 Å². The Bertz CT molecular complexity index is 567. The van der Waals surface area contributed by atoms with Crippen molar-refractivity contribution in [1.82, 2.24) is 9.55 Å². The van der Waals surface area contributed by atoms with Crippen molar-refractivity contribution in [3.63, 3.8) is 0 Å². The number of fused-ring (bicyclic) bond motifs is 1. The second-order valence-electron chi connectivity index (χ2n) is 4.11. The van der Waals surface area contributed by atoms with Crippen LogP contribution >= 0.6 is 12.2 Å². The molecule has 1 heterocycles. The normalized spacial score (nSPS) is 12.8. The van der Waals surface area contributed by atoms with Crippen LogP contribution < -0.4 is 5.73 Å². The Kier molecular flexibility index (Phi) is 3.90. The highest BCUT2D eigenvalue weighted by Gasteiger charge is 2.13. The number of hydrogen-bond donors (Lipinski definition) is 3. The lowest BCUT2D eigenvalue weighted by Gasteiger charge is -2.13. The van der Waals surface area contributed by atoms with E-state index in [9.17, 15) is 10.2 Å². The van der Waals surface area contributed by atoms with Gasteiger partial charge in [0.1, 0.15) is 12.4 Å². The fraction of sp³-hybridized carbons (Fsp3) is 0.333. The summed E-state index contributed by atoms with van der Waals surface area (Å²) in [5.41, 5.74) is 7.08. The molecule has 1 aromatic heterocycles. The van der Waals surface area contributed by atoms with Crippen LogP contribution in [0.25, 0.3) is 11.0 Å². The SMILES string of the molecule is NC(=S)CC(O)Cn1c(CO)nc2ccccc21. The molecular formula is C12H15N3O2S. The van der Waals surface area contributed by atoms with Crippen molar-refractivity contribution < 1.29 is 10.2 Å². The molecule has 0 spiro atoms. The number of aliphatic hydroxyl groups excluding tert-OH is 2. The maximum Gasteiger partial charge on any atom is 0.135 e. The summed E-state index contributed by atoms with van der Waals surface area (Å²) in [6, 6.07) is 7.54. The van der Waals surface area contributed by atoms with E-state index in [2.05, 4.69) is 4.98 Å². The molecule has 1 unspecified atom stereocenters. The summed E-state index contributed by atoms with van der Waals surface area (Å²) in [6.45, 7) is 0.141. The molecule has 0 fully saturated rings. The number of imidazole rings is 1. The smallest absolute Gasteiger partial charge is 0.135 e. The van der Waals surface area contributed by atoms with Crippen LogP contribution in [0, 0.1) is 0 Å². The minimum atomic E-state index is -0.676. The van der Waals surface area contributed by atoms with E-state index in [4.69, 9.17) is 18.0 Å². The molecule has 1 atom stereocenters. The molecule has 18 heavy (non-hydrogen) atoms. The second kappa shape index (κ2) is 5.43. The Morgan fingerprint density at radius 1 is 1.44 bits per heavy atom. The van der Waals surface area contributed by atoms with E-state index in [1.807, 2.05) is 24.3 Å². The lowest BCUT2D eigenvalue weighted by molar-refractivity contribution is 0.158. The van der Waals surface area contributed by atoms with Crippen molar-refractivity contribution in [2.75, 3.05) is 0 Å². The molecule has 0 amide bonds. The van der Waals surface area contributed by atoms with Gasteiger partial charge in [-0.2, -0.15) is 0 Å². The third-order valence-corrected chi connectivity index (χ3v) is 2.87. The lowest BCUT2D eigenvalue weighted by Crippen LogP contribution is -2.23. The zero-order valence-corrected chi connectivity index (χ0v) is 10.6. The van der Waals surface area contributed by atoms with Gasteiger partial charge in [-0.1, -0.05) is 24.4 Å². The van der Waals surface area contributed by atoms with Gasteiger partial charge in [0, 0.05) is 6.42 Å². The molecule has 6 heteroatoms. The first-order chi connectivity index (χ1) is 8.61. The van der Waals surface area contributed by atoms with Crippen molar-refractivity contribution in [1.29, 1.82) is 0 Å². The van der Waals surface area contributed by atoms with Crippen LogP contribution in [0.4, 0.5) is 0 Å². The quantitative estimate of drug-likeness (QED) is 0.688. The van der Waals surface area contributed by atoms with Crippen LogP contribution in [0.2, 0.25) is 0 Å². The van der Waals surface area contributed by atoms with Gasteiger partial charge in [0.25, 0.3) is 0 Å². The molecule has 4 N–H and O–H groups in total. The number of hydrogen-bond acceptors (Lipinski definition) is 4. The number of thiocarbonyl (C=S) groups is 1. The second-order valence-corrected chi connectivity index (χ2v) is 4.63. The summed E-state index contributed by atoms with van der Waals surface area (Å²) in [7, 11) is 0. The highest BCUT2D eigenvalue weighted by Crippen LogP contribution is 2.17. The molecular weight excluding hydrogens is 250 g/mol. The maximum atomic E-state index is 9.87. The zero-order chi connectivity index (χ0) is 13.1. The third kappa shape index (κ3) is 2.66. The molecule has 0 radical (unpaired) electrons. The average molecular weight is 265 g/mol. The van der Waals surface area contributed by atoms with E-state index in [-0.39, 0.29) is 18.0 Å². The van der Waals surface area contributed by atoms with Gasteiger partial charge < -0.3 is 20.5 Å². The first-order valence-electron chi connectivity index (χ1n) is 5.63. The van der Waals surface area contributed by atoms with Crippen molar-refractivity contribution in [3.8, 4) is 0 Å². The lowest BCUT2D eigenvalue weighted by atomic mass is 10.2. The first kappa shape index (κ1) is 12.9. The number of aliphatic hydroxyl groups is 2. The fourth-order valence-electron chi connectivity index (χ4n) is 1.96. The third-order valence-electron chi connectivity index (χ3n) is 2.71. The molecule has 0 aliphatic heterocycles. The molecule has 0 saturated carbocycles. The summed E-state index contributed by atoms with van der Waals surface area (Å²) in [4.78, 5) is 4.58. The van der Waals surface area contributed by atoms with Crippen LogP contribution in [-0.4, -0.2) is 30.9 Å². The molecule has 1 aromatic carbocycles. The molecule has 0 aliphatic rings. The molecule has 0 saturated heterocycles. The van der Waals surface area contributed by atoms with Gasteiger partial charge in [0.05, 0.1) is 28.7 Å². The van der Waals surface area contributed by atoms with Crippen LogP contribution in [0.3, 0.4) is 0 Å². The van der Waals surface area contributed by atoms with E-state index in [0.29, 0.717) is 12.4 Å². The van der Waals surface area contributed by atoms with Gasteiger partial charge >= 0.3 is 0 Å². The summed E-state index contributed by atoms with van der Waals surface area (Å²) < 4.78 is 1.79. The number of benzene rings is 1. The van der Waals surface area contributed by atoms with Crippen molar-refractivity contribution in [2.24, 2.45) is 5.73 Å². The van der Waals surface area contributed by atoms with Crippen LogP contribution in [0.1, 0.15) is 12.2 Å². The molecule has 0 bridgehead atoms. The Morgan fingerprint density at radius 3 is 2.83 bits per heavy atom. The first-order valence-corrected chi connectivity index (χ1v) is 6.04. The van der Waals surface area contributed by atoms with Gasteiger partial charge in [0.15, 0.2) is 0 Å². The molecule has 2 aromatic rings. The zero-order valence-electron chi connectivity index (χ0n) is 9.78. The minimum absolute atomic E-state index is 0.172. The Balaban J connectivity index is 2.33. The predicted octanol–water partition coefficient (Wildman–Crippen LogP) is 0.566. The fourth-order valence-corrected chi connectivity index (χ4v) is 2.15. The number of nitrogens with zero attached hydrogens (tertiary/aromatic N) is 2. The monoisotopic (exact) mass is 265 g/mol. The molecule has 5 nitrogen and oxygen atoms in total. The summed E-state index contributed by atoms with van der Waals surface area (Å²) in [6.07, 6.45) is -0.419. The summed E-state index contributed by atoms with van der Waals surface area (Å²) in [5.74, 6) is 0.526. The predicted molar refractivity (Wildman–Crippen MR) is 73.1 cm³/mol. The number of para-hydroxylation sites is 2. The molecule has 96 valence electrons. The van der Waals surface area contributed by atoms with E-state index >= 15 is 0 Å². The van der Waals surface area contributed by atoms with Gasteiger partial charge in [-0.3, -0.25) is 0 Å². The van der Waals surface area contributed by atoms with Crippen molar-refractivity contribution in [2.45, 2.75) is 25.7 Å². The van der Waals surface area contributed by atoms with Crippen LogP contribution in [0.15, 0.2) is 24.3 Å². The Labute approximate surface area is 110 Å². The van der Waals surface area contributed by atoms with Crippen molar-refractivity contribution >= 4 is 28.2 Å². The highest BCUT2D eigenvalue weighted by molar-refractivity contribution is 7.80. The molecule has 2 rings (SSSR count). The number of nitrogens with two attached hydrogens (primary N) is 1. The van der Waals surface area contributed by atoms with E-state index in [1.165, 1.54) is 0 Å². The van der Waals surface area contributed by atoms with Gasteiger partial charge in [-0.25, -0.2) is 4.98 Å². The van der Waals surface area contributed by atoms with Gasteiger partial charge in [0.2, 0.25) is 0 Å². The van der Waals surface area contributed by atoms with Crippen molar-refractivity contribution in [3.05, 3.63) is 30.1 Å². The summed E-state index contributed by atoms with van der Waals surface area (Å²) >= 11 is 4.77. The van der Waals surface area contributed by atoms with Crippen LogP contribution in [-0.2, 0) is 13.2 Å². The maximum absolute atomic E-state index is 9.87.